The predicted molar refractivity (Wildman–Crippen MR) is 42.7 cm³/mol. The summed E-state index contributed by atoms with van der Waals surface area (Å²) in [6.45, 7) is 2.01. The van der Waals surface area contributed by atoms with Gasteiger partial charge in [-0.2, -0.15) is 0 Å². The maximum Gasteiger partial charge on any atom is 0.116 e. The number of nitrogens with zero attached hydrogens (tertiary/aromatic N) is 1. The molecule has 0 aliphatic carbocycles. The second-order valence-corrected chi connectivity index (χ2v) is 3.73. The summed E-state index contributed by atoms with van der Waals surface area (Å²) in [5.74, 6) is 0. The normalized spacial score (nSPS) is 10.3. The van der Waals surface area contributed by atoms with E-state index in [1.54, 1.807) is 0 Å². The van der Waals surface area contributed by atoms with Crippen LogP contribution in [-0.4, -0.2) is 16.7 Å². The Labute approximate surface area is 68.5 Å². The molecule has 1 rings (SSSR count). The second-order valence-electron chi connectivity index (χ2n) is 1.93. The highest BCUT2D eigenvalue weighted by Crippen LogP contribution is 2.23. The highest BCUT2D eigenvalue weighted by atomic mass is 35.5. The first kappa shape index (κ1) is 7.98. The van der Waals surface area contributed by atoms with Crippen LogP contribution in [0.15, 0.2) is 0 Å². The topological polar surface area (TPSA) is 33.1 Å². The zero-order valence-electron chi connectivity index (χ0n) is 5.59. The van der Waals surface area contributed by atoms with E-state index in [-0.39, 0.29) is 6.61 Å². The molecule has 0 aliphatic heterocycles. The zero-order valence-corrected chi connectivity index (χ0v) is 7.17. The number of aliphatic hydroxyl groups excluding tert-OH is 1. The molecule has 1 heterocycles. The third-order valence-corrected chi connectivity index (χ3v) is 2.36. The van der Waals surface area contributed by atoms with Crippen molar-refractivity contribution in [3.63, 3.8) is 0 Å². The number of hydrogen-bond donors (Lipinski definition) is 1. The van der Waals surface area contributed by atoms with Crippen molar-refractivity contribution in [2.24, 2.45) is 0 Å². The van der Waals surface area contributed by atoms with E-state index in [1.165, 1.54) is 11.3 Å². The van der Waals surface area contributed by atoms with E-state index < -0.39 is 0 Å². The third-order valence-electron chi connectivity index (χ3n) is 1.11. The number of hydrogen-bond acceptors (Lipinski definition) is 3. The Kier molecular flexibility index (Phi) is 2.65. The van der Waals surface area contributed by atoms with E-state index in [1.807, 2.05) is 6.92 Å². The standard InChI is InChI=1S/C6H8ClNOS/c1-4-8-5(2-3-9)6(7)10-4/h9H,2-3H2,1H3. The minimum absolute atomic E-state index is 0.114. The maximum absolute atomic E-state index is 8.56. The fourth-order valence-corrected chi connectivity index (χ4v) is 1.86. The summed E-state index contributed by atoms with van der Waals surface area (Å²) in [5.41, 5.74) is 0.812. The molecule has 0 unspecified atom stereocenters. The summed E-state index contributed by atoms with van der Waals surface area (Å²) in [4.78, 5) is 4.13. The van der Waals surface area contributed by atoms with Gasteiger partial charge in [0.2, 0.25) is 0 Å². The van der Waals surface area contributed by atoms with Crippen molar-refractivity contribution in [1.29, 1.82) is 0 Å². The molecule has 56 valence electrons. The summed E-state index contributed by atoms with van der Waals surface area (Å²) in [6, 6.07) is 0. The molecular weight excluding hydrogens is 170 g/mol. The maximum atomic E-state index is 8.56. The zero-order chi connectivity index (χ0) is 7.56. The minimum Gasteiger partial charge on any atom is -0.396 e. The van der Waals surface area contributed by atoms with Crippen LogP contribution in [0, 0.1) is 6.92 Å². The molecule has 0 radical (unpaired) electrons. The Bertz CT molecular complexity index is 224. The van der Waals surface area contributed by atoms with Crippen molar-refractivity contribution in [1.82, 2.24) is 4.98 Å². The number of rotatable bonds is 2. The first-order chi connectivity index (χ1) is 4.74. The molecule has 0 bridgehead atoms. The molecule has 0 fully saturated rings. The first-order valence-electron chi connectivity index (χ1n) is 2.96. The van der Waals surface area contributed by atoms with Crippen molar-refractivity contribution in [3.8, 4) is 0 Å². The number of thiazole rings is 1. The quantitative estimate of drug-likeness (QED) is 0.745. The largest absolute Gasteiger partial charge is 0.396 e. The summed E-state index contributed by atoms with van der Waals surface area (Å²) < 4.78 is 0.701. The van der Waals surface area contributed by atoms with Crippen LogP contribution < -0.4 is 0 Å². The van der Waals surface area contributed by atoms with Crippen molar-refractivity contribution >= 4 is 22.9 Å². The summed E-state index contributed by atoms with van der Waals surface area (Å²) in [6.07, 6.45) is 0.559. The number of halogens is 1. The van der Waals surface area contributed by atoms with Gasteiger partial charge in [0.15, 0.2) is 0 Å². The molecule has 0 saturated carbocycles. The Balaban J connectivity index is 2.81. The van der Waals surface area contributed by atoms with Crippen LogP contribution in [0.1, 0.15) is 10.7 Å². The van der Waals surface area contributed by atoms with Crippen LogP contribution in [0.4, 0.5) is 0 Å². The SMILES string of the molecule is Cc1nc(CCO)c(Cl)s1. The smallest absolute Gasteiger partial charge is 0.116 e. The summed E-state index contributed by atoms with van der Waals surface area (Å²) in [5, 5.41) is 9.51. The second kappa shape index (κ2) is 3.32. The lowest BCUT2D eigenvalue weighted by molar-refractivity contribution is 0.298. The van der Waals surface area contributed by atoms with Gasteiger partial charge in [0.1, 0.15) is 4.34 Å². The van der Waals surface area contributed by atoms with E-state index in [0.717, 1.165) is 10.7 Å². The van der Waals surface area contributed by atoms with Gasteiger partial charge in [-0.3, -0.25) is 0 Å². The lowest BCUT2D eigenvalue weighted by atomic mass is 10.4. The van der Waals surface area contributed by atoms with Gasteiger partial charge in [-0.1, -0.05) is 11.6 Å². The Morgan fingerprint density at radius 2 is 2.40 bits per heavy atom. The average molecular weight is 178 g/mol. The lowest BCUT2D eigenvalue weighted by Gasteiger charge is -1.88. The number of aromatic nitrogens is 1. The van der Waals surface area contributed by atoms with Crippen LogP contribution >= 0.6 is 22.9 Å². The average Bonchev–Trinajstić information content (AvgIpc) is 2.13. The molecule has 1 aromatic rings. The molecule has 0 saturated heterocycles. The summed E-state index contributed by atoms with van der Waals surface area (Å²) >= 11 is 7.22. The van der Waals surface area contributed by atoms with Crippen molar-refractivity contribution in [3.05, 3.63) is 15.0 Å². The molecule has 2 nitrogen and oxygen atoms in total. The number of aliphatic hydroxyl groups is 1. The van der Waals surface area contributed by atoms with E-state index >= 15 is 0 Å². The third kappa shape index (κ3) is 1.68. The Morgan fingerprint density at radius 1 is 1.70 bits per heavy atom. The predicted octanol–water partition coefficient (Wildman–Crippen LogP) is 1.64. The lowest BCUT2D eigenvalue weighted by Crippen LogP contribution is -1.90. The van der Waals surface area contributed by atoms with Crippen LogP contribution in [-0.2, 0) is 6.42 Å². The monoisotopic (exact) mass is 177 g/mol. The fraction of sp³-hybridized carbons (Fsp3) is 0.500. The molecule has 0 spiro atoms. The van der Waals surface area contributed by atoms with Gasteiger partial charge in [0, 0.05) is 13.0 Å². The molecule has 0 aromatic carbocycles. The van der Waals surface area contributed by atoms with Crippen LogP contribution in [0.2, 0.25) is 4.34 Å². The molecule has 0 atom stereocenters. The van der Waals surface area contributed by atoms with Crippen LogP contribution in [0.3, 0.4) is 0 Å². The van der Waals surface area contributed by atoms with Gasteiger partial charge in [-0.15, -0.1) is 11.3 Å². The molecule has 1 aromatic heterocycles. The fourth-order valence-electron chi connectivity index (χ4n) is 0.705. The van der Waals surface area contributed by atoms with Crippen molar-refractivity contribution < 1.29 is 5.11 Å². The van der Waals surface area contributed by atoms with Crippen LogP contribution in [0.5, 0.6) is 0 Å². The molecule has 4 heteroatoms. The highest BCUT2D eigenvalue weighted by molar-refractivity contribution is 7.15. The Hall–Kier alpha value is -0.120. The first-order valence-corrected chi connectivity index (χ1v) is 4.16. The van der Waals surface area contributed by atoms with E-state index in [9.17, 15) is 0 Å². The summed E-state index contributed by atoms with van der Waals surface area (Å²) in [7, 11) is 0. The molecule has 1 N–H and O–H groups in total. The molecule has 0 aliphatic rings. The highest BCUT2D eigenvalue weighted by Gasteiger charge is 2.04. The van der Waals surface area contributed by atoms with E-state index in [4.69, 9.17) is 16.7 Å². The van der Waals surface area contributed by atoms with Gasteiger partial charge in [0.05, 0.1) is 10.7 Å². The van der Waals surface area contributed by atoms with E-state index in [2.05, 4.69) is 4.98 Å². The van der Waals surface area contributed by atoms with Crippen LogP contribution in [0.25, 0.3) is 0 Å². The van der Waals surface area contributed by atoms with Gasteiger partial charge < -0.3 is 5.11 Å². The van der Waals surface area contributed by atoms with E-state index in [0.29, 0.717) is 10.8 Å². The van der Waals surface area contributed by atoms with Gasteiger partial charge in [0.25, 0.3) is 0 Å². The molecule has 0 amide bonds. The van der Waals surface area contributed by atoms with Gasteiger partial charge >= 0.3 is 0 Å². The molecule has 10 heavy (non-hydrogen) atoms. The van der Waals surface area contributed by atoms with Crippen molar-refractivity contribution in [2.45, 2.75) is 13.3 Å². The number of aryl methyl sites for hydroxylation is 1. The minimum atomic E-state index is 0.114. The van der Waals surface area contributed by atoms with Crippen molar-refractivity contribution in [2.75, 3.05) is 6.61 Å². The molecular formula is C6H8ClNOS. The van der Waals surface area contributed by atoms with Gasteiger partial charge in [-0.25, -0.2) is 4.98 Å². The van der Waals surface area contributed by atoms with Gasteiger partial charge in [-0.05, 0) is 6.92 Å². The Morgan fingerprint density at radius 3 is 2.80 bits per heavy atom.